The second-order valence-corrected chi connectivity index (χ2v) is 4.23. The monoisotopic (exact) mass is 229 g/mol. The van der Waals surface area contributed by atoms with E-state index < -0.39 is 0 Å². The molecule has 17 heavy (non-hydrogen) atoms. The maximum Gasteiger partial charge on any atom is 0.0446 e. The highest BCUT2D eigenvalue weighted by molar-refractivity contribution is 5.80. The van der Waals surface area contributed by atoms with Crippen LogP contribution in [0.2, 0.25) is 0 Å². The Bertz CT molecular complexity index is 394. The van der Waals surface area contributed by atoms with Gasteiger partial charge in [-0.25, -0.2) is 0 Å². The van der Waals surface area contributed by atoms with Gasteiger partial charge in [-0.05, 0) is 57.4 Å². The maximum absolute atomic E-state index is 5.26. The third-order valence-corrected chi connectivity index (χ3v) is 2.29. The van der Waals surface area contributed by atoms with Crippen molar-refractivity contribution in [1.29, 1.82) is 0 Å². The summed E-state index contributed by atoms with van der Waals surface area (Å²) in [5, 5.41) is 0. The van der Waals surface area contributed by atoms with Gasteiger partial charge in [0.05, 0.1) is 0 Å². The number of allylic oxidation sites excluding steroid dienone is 6. The number of nitrogens with zero attached hydrogens (tertiary/aromatic N) is 1. The molecule has 0 aromatic heterocycles. The Morgan fingerprint density at radius 3 is 2.35 bits per heavy atom. The largest absolute Gasteiger partial charge is 0.263 e. The van der Waals surface area contributed by atoms with Crippen molar-refractivity contribution < 1.29 is 0 Å². The fourth-order valence-corrected chi connectivity index (χ4v) is 1.54. The minimum absolute atomic E-state index is 1.02. The molecule has 0 aromatic rings. The van der Waals surface area contributed by atoms with Crippen LogP contribution in [0.3, 0.4) is 0 Å². The molecule has 0 bridgehead atoms. The Kier molecular flexibility index (Phi) is 7.80. The number of hydrogen-bond donors (Lipinski definition) is 0. The Balaban J connectivity index is 5.36. The highest BCUT2D eigenvalue weighted by Gasteiger charge is 2.00. The first-order chi connectivity index (χ1) is 8.02. The Morgan fingerprint density at radius 2 is 1.88 bits per heavy atom. The summed E-state index contributed by atoms with van der Waals surface area (Å²) in [6.07, 6.45) is 13.4. The van der Waals surface area contributed by atoms with E-state index in [1.54, 1.807) is 6.08 Å². The van der Waals surface area contributed by atoms with E-state index in [4.69, 9.17) is 6.42 Å². The fraction of sp³-hybridized carbons (Fsp3) is 0.438. The highest BCUT2D eigenvalue weighted by Crippen LogP contribution is 2.18. The SMILES string of the molecule is C#C\C=C/C(=C(\C)N=C(C)C)C(/C)=C/CCC. The summed E-state index contributed by atoms with van der Waals surface area (Å²) >= 11 is 0. The molecule has 0 rings (SSSR count). The minimum atomic E-state index is 1.02. The molecular formula is C16H23N. The van der Waals surface area contributed by atoms with Crippen LogP contribution in [0.5, 0.6) is 0 Å². The molecule has 0 aliphatic rings. The average Bonchev–Trinajstić information content (AvgIpc) is 2.25. The molecular weight excluding hydrogens is 206 g/mol. The lowest BCUT2D eigenvalue weighted by molar-refractivity contribution is 0.949. The van der Waals surface area contributed by atoms with Crippen LogP contribution in [0.4, 0.5) is 0 Å². The third-order valence-electron chi connectivity index (χ3n) is 2.29. The van der Waals surface area contributed by atoms with Crippen LogP contribution in [-0.4, -0.2) is 5.71 Å². The van der Waals surface area contributed by atoms with Gasteiger partial charge in [0.2, 0.25) is 0 Å². The molecule has 0 atom stereocenters. The Hall–Kier alpha value is -1.55. The van der Waals surface area contributed by atoms with Crippen LogP contribution < -0.4 is 0 Å². The van der Waals surface area contributed by atoms with Crippen LogP contribution in [0.25, 0.3) is 0 Å². The number of unbranched alkanes of at least 4 members (excludes halogenated alkanes) is 1. The average molecular weight is 229 g/mol. The molecule has 0 saturated carbocycles. The molecule has 0 heterocycles. The van der Waals surface area contributed by atoms with Crippen LogP contribution in [0.15, 0.2) is 40.1 Å². The second kappa shape index (κ2) is 8.58. The number of terminal acetylenes is 1. The summed E-state index contributed by atoms with van der Waals surface area (Å²) in [5.41, 5.74) is 4.43. The molecule has 0 amide bonds. The van der Waals surface area contributed by atoms with Gasteiger partial charge in [0.1, 0.15) is 0 Å². The van der Waals surface area contributed by atoms with Gasteiger partial charge in [-0.2, -0.15) is 0 Å². The fourth-order valence-electron chi connectivity index (χ4n) is 1.54. The van der Waals surface area contributed by atoms with Gasteiger partial charge in [0.15, 0.2) is 0 Å². The van der Waals surface area contributed by atoms with Crippen LogP contribution >= 0.6 is 0 Å². The second-order valence-electron chi connectivity index (χ2n) is 4.23. The van der Waals surface area contributed by atoms with Crippen molar-refractivity contribution in [3.63, 3.8) is 0 Å². The molecule has 1 heteroatoms. The van der Waals surface area contributed by atoms with Crippen LogP contribution in [0.1, 0.15) is 47.5 Å². The van der Waals surface area contributed by atoms with E-state index >= 15 is 0 Å². The lowest BCUT2D eigenvalue weighted by Gasteiger charge is -2.06. The van der Waals surface area contributed by atoms with E-state index in [1.165, 1.54) is 5.57 Å². The van der Waals surface area contributed by atoms with E-state index in [-0.39, 0.29) is 0 Å². The van der Waals surface area contributed by atoms with E-state index in [1.807, 2.05) is 26.8 Å². The highest BCUT2D eigenvalue weighted by atomic mass is 14.7. The predicted octanol–water partition coefficient (Wildman–Crippen LogP) is 4.68. The van der Waals surface area contributed by atoms with Crippen LogP contribution in [0, 0.1) is 12.3 Å². The van der Waals surface area contributed by atoms with E-state index in [9.17, 15) is 0 Å². The van der Waals surface area contributed by atoms with Gasteiger partial charge < -0.3 is 0 Å². The molecule has 92 valence electrons. The molecule has 1 nitrogen and oxygen atoms in total. The molecule has 0 aliphatic heterocycles. The topological polar surface area (TPSA) is 12.4 Å². The normalized spacial score (nSPS) is 13.3. The molecule has 0 saturated heterocycles. The summed E-state index contributed by atoms with van der Waals surface area (Å²) < 4.78 is 0. The van der Waals surface area contributed by atoms with Gasteiger partial charge in [-0.1, -0.05) is 25.3 Å². The Labute approximate surface area is 106 Å². The van der Waals surface area contributed by atoms with E-state index in [0.717, 1.165) is 29.8 Å². The first-order valence-electron chi connectivity index (χ1n) is 6.05. The van der Waals surface area contributed by atoms with Crippen LogP contribution in [-0.2, 0) is 0 Å². The van der Waals surface area contributed by atoms with Gasteiger partial charge >= 0.3 is 0 Å². The zero-order valence-corrected chi connectivity index (χ0v) is 11.7. The van der Waals surface area contributed by atoms with Crippen molar-refractivity contribution in [3.05, 3.63) is 35.1 Å². The molecule has 0 N–H and O–H groups in total. The quantitative estimate of drug-likeness (QED) is 0.369. The summed E-state index contributed by atoms with van der Waals surface area (Å²) in [5.74, 6) is 2.53. The third kappa shape index (κ3) is 6.58. The zero-order chi connectivity index (χ0) is 13.3. The first kappa shape index (κ1) is 15.4. The molecule has 0 aliphatic carbocycles. The van der Waals surface area contributed by atoms with Gasteiger partial charge in [-0.3, -0.25) is 4.99 Å². The Morgan fingerprint density at radius 1 is 1.24 bits per heavy atom. The molecule has 0 unspecified atom stereocenters. The first-order valence-corrected chi connectivity index (χ1v) is 6.05. The predicted molar refractivity (Wildman–Crippen MR) is 78.1 cm³/mol. The molecule has 0 radical (unpaired) electrons. The van der Waals surface area contributed by atoms with Gasteiger partial charge in [0.25, 0.3) is 0 Å². The lowest BCUT2D eigenvalue weighted by Crippen LogP contribution is -1.90. The van der Waals surface area contributed by atoms with E-state index in [2.05, 4.69) is 30.8 Å². The number of aliphatic imine (C=N–C) groups is 1. The van der Waals surface area contributed by atoms with Gasteiger partial charge in [0, 0.05) is 11.4 Å². The van der Waals surface area contributed by atoms with Crippen molar-refractivity contribution in [1.82, 2.24) is 0 Å². The lowest BCUT2D eigenvalue weighted by atomic mass is 10.0. The number of hydrogen-bond acceptors (Lipinski definition) is 1. The van der Waals surface area contributed by atoms with Crippen molar-refractivity contribution in [2.24, 2.45) is 4.99 Å². The molecule has 0 fully saturated rings. The standard InChI is InChI=1S/C16H23N/c1-7-9-11-14(5)16(12-10-8-2)15(6)17-13(3)4/h2,10-12H,7,9H2,1,3-6H3/b12-10-,14-11+,16-15-. The van der Waals surface area contributed by atoms with Crippen molar-refractivity contribution in [2.45, 2.75) is 47.5 Å². The van der Waals surface area contributed by atoms with Crippen molar-refractivity contribution in [2.75, 3.05) is 0 Å². The zero-order valence-electron chi connectivity index (χ0n) is 11.7. The van der Waals surface area contributed by atoms with Crippen molar-refractivity contribution >= 4 is 5.71 Å². The molecule has 0 spiro atoms. The smallest absolute Gasteiger partial charge is 0.0446 e. The van der Waals surface area contributed by atoms with Gasteiger partial charge in [-0.15, -0.1) is 6.42 Å². The van der Waals surface area contributed by atoms with Crippen molar-refractivity contribution in [3.8, 4) is 12.3 Å². The number of rotatable bonds is 5. The summed E-state index contributed by atoms with van der Waals surface area (Å²) in [6, 6.07) is 0. The summed E-state index contributed by atoms with van der Waals surface area (Å²) in [6.45, 7) is 10.3. The summed E-state index contributed by atoms with van der Waals surface area (Å²) in [7, 11) is 0. The minimum Gasteiger partial charge on any atom is -0.263 e. The molecule has 0 aromatic carbocycles. The maximum atomic E-state index is 5.26. The van der Waals surface area contributed by atoms with E-state index in [0.29, 0.717) is 0 Å². The summed E-state index contributed by atoms with van der Waals surface area (Å²) in [4.78, 5) is 4.50.